The van der Waals surface area contributed by atoms with Gasteiger partial charge in [-0.25, -0.2) is 0 Å². The number of primary amides is 1. The van der Waals surface area contributed by atoms with Gasteiger partial charge in [0.1, 0.15) is 5.69 Å². The molecule has 2 aromatic carbocycles. The average molecular weight is 312 g/mol. The molecule has 0 radical (unpaired) electrons. The van der Waals surface area contributed by atoms with E-state index in [0.29, 0.717) is 17.8 Å². The topological polar surface area (TPSA) is 110 Å². The maximum atomic E-state index is 11.2. The van der Waals surface area contributed by atoms with Crippen molar-refractivity contribution < 1.29 is 9.72 Å². The van der Waals surface area contributed by atoms with Crippen molar-refractivity contribution in [2.45, 2.75) is 13.0 Å². The average Bonchev–Trinajstić information content (AvgIpc) is 3.01. The number of nitrogens with two attached hydrogens (primary N) is 1. The molecule has 23 heavy (non-hydrogen) atoms. The molecule has 0 spiro atoms. The van der Waals surface area contributed by atoms with Gasteiger partial charge in [-0.15, -0.1) is 0 Å². The van der Waals surface area contributed by atoms with E-state index in [1.165, 1.54) is 6.07 Å². The molecule has 1 aliphatic rings. The van der Waals surface area contributed by atoms with Crippen LogP contribution in [0.5, 0.6) is 0 Å². The van der Waals surface area contributed by atoms with E-state index in [1.54, 1.807) is 30.3 Å². The summed E-state index contributed by atoms with van der Waals surface area (Å²) in [5.74, 6) is -0.480. The standard InChI is InChI=1S/C16H16N4O3/c17-16(21)11-3-1-10(2-4-11)9-19-15-12-7-8-18-13(12)5-6-14(15)20(22)23/h1-6,18-19H,7-9H2,(H2,17,21). The minimum absolute atomic E-state index is 0.0706. The zero-order valence-electron chi connectivity index (χ0n) is 12.3. The van der Waals surface area contributed by atoms with Crippen molar-refractivity contribution in [3.63, 3.8) is 0 Å². The van der Waals surface area contributed by atoms with Crippen molar-refractivity contribution in [3.8, 4) is 0 Å². The van der Waals surface area contributed by atoms with E-state index in [9.17, 15) is 14.9 Å². The zero-order valence-corrected chi connectivity index (χ0v) is 12.3. The monoisotopic (exact) mass is 312 g/mol. The number of hydrogen-bond donors (Lipinski definition) is 3. The SMILES string of the molecule is NC(=O)c1ccc(CNc2c([N+](=O)[O-])ccc3c2CCN3)cc1. The Kier molecular flexibility index (Phi) is 3.84. The number of anilines is 2. The van der Waals surface area contributed by atoms with Crippen LogP contribution in [0.25, 0.3) is 0 Å². The van der Waals surface area contributed by atoms with Gasteiger partial charge in [-0.2, -0.15) is 0 Å². The van der Waals surface area contributed by atoms with Crippen LogP contribution in [-0.4, -0.2) is 17.4 Å². The molecule has 0 atom stereocenters. The molecule has 0 saturated carbocycles. The number of carbonyl (C=O) groups excluding carboxylic acids is 1. The van der Waals surface area contributed by atoms with Gasteiger partial charge in [-0.1, -0.05) is 12.1 Å². The van der Waals surface area contributed by atoms with Crippen LogP contribution in [0.1, 0.15) is 21.5 Å². The number of nitro benzene ring substituents is 1. The molecule has 7 nitrogen and oxygen atoms in total. The van der Waals surface area contributed by atoms with E-state index >= 15 is 0 Å². The van der Waals surface area contributed by atoms with Crippen LogP contribution in [-0.2, 0) is 13.0 Å². The highest BCUT2D eigenvalue weighted by Gasteiger charge is 2.23. The van der Waals surface area contributed by atoms with Crippen molar-refractivity contribution in [1.29, 1.82) is 0 Å². The summed E-state index contributed by atoms with van der Waals surface area (Å²) in [5, 5.41) is 17.6. The molecule has 2 aromatic rings. The molecule has 0 fully saturated rings. The number of benzene rings is 2. The Morgan fingerprint density at radius 3 is 2.65 bits per heavy atom. The second-order valence-electron chi connectivity index (χ2n) is 5.33. The Bertz CT molecular complexity index is 772. The summed E-state index contributed by atoms with van der Waals surface area (Å²) in [6.45, 7) is 1.20. The molecular formula is C16H16N4O3. The first-order chi connectivity index (χ1) is 11.1. The summed E-state index contributed by atoms with van der Waals surface area (Å²) in [4.78, 5) is 21.9. The van der Waals surface area contributed by atoms with E-state index < -0.39 is 5.91 Å². The summed E-state index contributed by atoms with van der Waals surface area (Å²) < 4.78 is 0. The lowest BCUT2D eigenvalue weighted by Crippen LogP contribution is -2.11. The first-order valence-corrected chi connectivity index (χ1v) is 7.23. The summed E-state index contributed by atoms with van der Waals surface area (Å²) in [7, 11) is 0. The number of amides is 1. The second-order valence-corrected chi connectivity index (χ2v) is 5.33. The van der Waals surface area contributed by atoms with Crippen molar-refractivity contribution in [2.75, 3.05) is 17.2 Å². The molecule has 4 N–H and O–H groups in total. The predicted octanol–water partition coefficient (Wildman–Crippen LogP) is 2.27. The number of nitrogens with one attached hydrogen (secondary N) is 2. The second kappa shape index (κ2) is 5.96. The third-order valence-electron chi connectivity index (χ3n) is 3.89. The van der Waals surface area contributed by atoms with Gasteiger partial charge in [0.25, 0.3) is 5.69 Å². The quantitative estimate of drug-likeness (QED) is 0.579. The molecule has 0 aromatic heterocycles. The minimum Gasteiger partial charge on any atom is -0.384 e. The van der Waals surface area contributed by atoms with Crippen LogP contribution in [0.15, 0.2) is 36.4 Å². The lowest BCUT2D eigenvalue weighted by molar-refractivity contribution is -0.384. The van der Waals surface area contributed by atoms with Gasteiger partial charge in [0.05, 0.1) is 4.92 Å². The van der Waals surface area contributed by atoms with Gasteiger partial charge in [0.15, 0.2) is 0 Å². The summed E-state index contributed by atoms with van der Waals surface area (Å²) in [6.07, 6.45) is 0.750. The smallest absolute Gasteiger partial charge is 0.292 e. The van der Waals surface area contributed by atoms with Crippen molar-refractivity contribution in [3.05, 3.63) is 63.2 Å². The Morgan fingerprint density at radius 1 is 1.26 bits per heavy atom. The van der Waals surface area contributed by atoms with Crippen molar-refractivity contribution in [1.82, 2.24) is 0 Å². The Hall–Kier alpha value is -3.09. The van der Waals surface area contributed by atoms with Gasteiger partial charge in [0, 0.05) is 36.0 Å². The van der Waals surface area contributed by atoms with Crippen LogP contribution in [0.3, 0.4) is 0 Å². The lowest BCUT2D eigenvalue weighted by atomic mass is 10.1. The molecule has 3 rings (SSSR count). The largest absolute Gasteiger partial charge is 0.384 e. The van der Waals surface area contributed by atoms with Gasteiger partial charge >= 0.3 is 0 Å². The van der Waals surface area contributed by atoms with E-state index in [0.717, 1.165) is 29.8 Å². The van der Waals surface area contributed by atoms with E-state index in [4.69, 9.17) is 5.73 Å². The lowest BCUT2D eigenvalue weighted by Gasteiger charge is -2.12. The van der Waals surface area contributed by atoms with Crippen LogP contribution in [0.4, 0.5) is 17.1 Å². The van der Waals surface area contributed by atoms with Gasteiger partial charge in [-0.3, -0.25) is 14.9 Å². The van der Waals surface area contributed by atoms with Crippen molar-refractivity contribution >= 4 is 23.0 Å². The number of fused-ring (bicyclic) bond motifs is 1. The normalized spacial score (nSPS) is 12.3. The van der Waals surface area contributed by atoms with Crippen LogP contribution in [0, 0.1) is 10.1 Å². The molecule has 1 heterocycles. The minimum atomic E-state index is -0.480. The summed E-state index contributed by atoms with van der Waals surface area (Å²) >= 11 is 0. The number of hydrogen-bond acceptors (Lipinski definition) is 5. The molecule has 7 heteroatoms. The number of nitro groups is 1. The molecule has 1 aliphatic heterocycles. The fourth-order valence-corrected chi connectivity index (χ4v) is 2.71. The van der Waals surface area contributed by atoms with Gasteiger partial charge in [0.2, 0.25) is 5.91 Å². The van der Waals surface area contributed by atoms with Gasteiger partial charge in [-0.05, 0) is 30.2 Å². The third-order valence-corrected chi connectivity index (χ3v) is 3.89. The van der Waals surface area contributed by atoms with E-state index in [-0.39, 0.29) is 10.6 Å². The first kappa shape index (κ1) is 14.8. The fourth-order valence-electron chi connectivity index (χ4n) is 2.71. The van der Waals surface area contributed by atoms with Crippen LogP contribution in [0.2, 0.25) is 0 Å². The molecule has 0 bridgehead atoms. The highest BCUT2D eigenvalue weighted by atomic mass is 16.6. The molecular weight excluding hydrogens is 296 g/mol. The Balaban J connectivity index is 1.84. The Labute approximate surface area is 132 Å². The van der Waals surface area contributed by atoms with E-state index in [2.05, 4.69) is 10.6 Å². The fraction of sp³-hybridized carbons (Fsp3) is 0.188. The molecule has 0 aliphatic carbocycles. The molecule has 118 valence electrons. The number of carbonyl (C=O) groups is 1. The summed E-state index contributed by atoms with van der Waals surface area (Å²) in [6, 6.07) is 10.1. The van der Waals surface area contributed by atoms with Crippen molar-refractivity contribution in [2.24, 2.45) is 5.73 Å². The zero-order chi connectivity index (χ0) is 16.4. The molecule has 0 unspecified atom stereocenters. The number of nitrogens with zero attached hydrogens (tertiary/aromatic N) is 1. The molecule has 1 amide bonds. The molecule has 0 saturated heterocycles. The van der Waals surface area contributed by atoms with E-state index in [1.807, 2.05) is 0 Å². The third kappa shape index (κ3) is 2.94. The maximum Gasteiger partial charge on any atom is 0.292 e. The maximum absolute atomic E-state index is 11.2. The highest BCUT2D eigenvalue weighted by molar-refractivity contribution is 5.92. The summed E-state index contributed by atoms with van der Waals surface area (Å²) in [5.41, 5.74) is 9.05. The number of rotatable bonds is 5. The van der Waals surface area contributed by atoms with Crippen LogP contribution < -0.4 is 16.4 Å². The first-order valence-electron chi connectivity index (χ1n) is 7.23. The van der Waals surface area contributed by atoms with Crippen LogP contribution >= 0.6 is 0 Å². The predicted molar refractivity (Wildman–Crippen MR) is 87.6 cm³/mol. The van der Waals surface area contributed by atoms with Gasteiger partial charge < -0.3 is 16.4 Å². The Morgan fingerprint density at radius 2 is 2.00 bits per heavy atom. The highest BCUT2D eigenvalue weighted by Crippen LogP contribution is 2.37.